The summed E-state index contributed by atoms with van der Waals surface area (Å²) in [6.45, 7) is 4.65. The number of aryl methyl sites for hydroxylation is 2. The molecule has 1 atom stereocenters. The van der Waals surface area contributed by atoms with Gasteiger partial charge in [-0.3, -0.25) is 10.1 Å². The van der Waals surface area contributed by atoms with Gasteiger partial charge in [0.1, 0.15) is 0 Å². The van der Waals surface area contributed by atoms with E-state index in [4.69, 9.17) is 5.11 Å². The van der Waals surface area contributed by atoms with E-state index >= 15 is 0 Å². The van der Waals surface area contributed by atoms with Crippen molar-refractivity contribution in [3.8, 4) is 0 Å². The molecule has 0 fully saturated rings. The molecule has 158 valence electrons. The Morgan fingerprint density at radius 2 is 1.84 bits per heavy atom. The largest absolute Gasteiger partial charge is 0.478 e. The average Bonchev–Trinajstić information content (AvgIpc) is 2.86. The van der Waals surface area contributed by atoms with Gasteiger partial charge in [-0.2, -0.15) is 4.99 Å². The number of carbonyl (C=O) groups is 3. The lowest BCUT2D eigenvalue weighted by Crippen LogP contribution is -2.43. The minimum Gasteiger partial charge on any atom is -0.478 e. The van der Waals surface area contributed by atoms with Crippen LogP contribution in [0.25, 0.3) is 0 Å². The van der Waals surface area contributed by atoms with Gasteiger partial charge in [0, 0.05) is 12.2 Å². The quantitative estimate of drug-likeness (QED) is 0.683. The molecule has 0 radical (unpaired) electrons. The number of aromatic carboxylic acids is 1. The molecule has 31 heavy (non-hydrogen) atoms. The number of benzene rings is 2. The Morgan fingerprint density at radius 3 is 2.55 bits per heavy atom. The first kappa shape index (κ1) is 20.5. The molecule has 2 aromatic carbocycles. The minimum atomic E-state index is -0.963. The summed E-state index contributed by atoms with van der Waals surface area (Å²) in [5.41, 5.74) is 5.62. The molecule has 2 aliphatic heterocycles. The van der Waals surface area contributed by atoms with E-state index in [0.29, 0.717) is 25.1 Å². The van der Waals surface area contributed by atoms with Gasteiger partial charge in [0.05, 0.1) is 17.0 Å². The van der Waals surface area contributed by atoms with Crippen molar-refractivity contribution in [3.05, 3.63) is 58.7 Å². The Morgan fingerprint density at radius 1 is 1.13 bits per heavy atom. The lowest BCUT2D eigenvalue weighted by Gasteiger charge is -2.20. The predicted octanol–water partition coefficient (Wildman–Crippen LogP) is 3.75. The number of hydrogen-bond acceptors (Lipinski definition) is 5. The van der Waals surface area contributed by atoms with Gasteiger partial charge in [-0.25, -0.2) is 14.6 Å². The van der Waals surface area contributed by atoms with Crippen LogP contribution in [0.4, 0.5) is 16.2 Å². The molecule has 2 aliphatic rings. The SMILES string of the molecule is Cc1cc2c(cc1C)[C@H](CCNc1ccc(C(=O)O)cc1)CC1=NC(=O)NC(=O)C1=N2. The van der Waals surface area contributed by atoms with Crippen LogP contribution < -0.4 is 10.6 Å². The number of nitrogens with zero attached hydrogens (tertiary/aromatic N) is 2. The Balaban J connectivity index is 1.59. The van der Waals surface area contributed by atoms with E-state index in [2.05, 4.69) is 26.7 Å². The monoisotopic (exact) mass is 418 g/mol. The number of amides is 3. The Kier molecular flexibility index (Phi) is 5.37. The van der Waals surface area contributed by atoms with Gasteiger partial charge in [0.25, 0.3) is 5.91 Å². The summed E-state index contributed by atoms with van der Waals surface area (Å²) < 4.78 is 0. The fraction of sp³-hybridized carbons (Fsp3) is 0.261. The van der Waals surface area contributed by atoms with Gasteiger partial charge >= 0.3 is 12.0 Å². The minimum absolute atomic E-state index is 0.0128. The van der Waals surface area contributed by atoms with Crippen molar-refractivity contribution in [1.29, 1.82) is 0 Å². The maximum Gasteiger partial charge on any atom is 0.348 e. The van der Waals surface area contributed by atoms with Crippen molar-refractivity contribution >= 4 is 40.7 Å². The number of fused-ring (bicyclic) bond motifs is 2. The van der Waals surface area contributed by atoms with Gasteiger partial charge in [-0.1, -0.05) is 6.07 Å². The van der Waals surface area contributed by atoms with Crippen LogP contribution in [-0.4, -0.2) is 41.0 Å². The van der Waals surface area contributed by atoms with E-state index in [1.165, 1.54) is 0 Å². The molecule has 0 bridgehead atoms. The summed E-state index contributed by atoms with van der Waals surface area (Å²) >= 11 is 0. The molecule has 8 nitrogen and oxygen atoms in total. The maximum atomic E-state index is 12.3. The van der Waals surface area contributed by atoms with Crippen LogP contribution in [0.15, 0.2) is 46.4 Å². The highest BCUT2D eigenvalue weighted by Crippen LogP contribution is 2.37. The Hall–Kier alpha value is -3.81. The third-order valence-electron chi connectivity index (χ3n) is 5.65. The van der Waals surface area contributed by atoms with Gasteiger partial charge in [0.15, 0.2) is 5.71 Å². The normalized spacial score (nSPS) is 17.5. The number of nitrogens with one attached hydrogen (secondary N) is 2. The van der Waals surface area contributed by atoms with E-state index in [1.807, 2.05) is 19.9 Å². The second-order valence-corrected chi connectivity index (χ2v) is 7.77. The van der Waals surface area contributed by atoms with Crippen molar-refractivity contribution in [2.45, 2.75) is 32.6 Å². The standard InChI is InChI=1S/C23H22N4O4/c1-12-9-17-15(7-8-24-16-5-3-14(4-6-16)22(29)30)11-19-20(21(28)27-23(31)26-19)25-18(17)10-13(12)2/h3-6,9-10,15,24H,7-8,11H2,1-2H3,(H,29,30)(H,27,28,31)/t15-/m1/s1. The van der Waals surface area contributed by atoms with Crippen LogP contribution in [-0.2, 0) is 4.79 Å². The molecule has 8 heteroatoms. The fourth-order valence-corrected chi connectivity index (χ4v) is 3.84. The van der Waals surface area contributed by atoms with Crippen LogP contribution in [0, 0.1) is 13.8 Å². The molecule has 0 aromatic heterocycles. The summed E-state index contributed by atoms with van der Waals surface area (Å²) in [6, 6.07) is 9.97. The van der Waals surface area contributed by atoms with Crippen LogP contribution in [0.2, 0.25) is 0 Å². The Labute approximate surface area is 179 Å². The van der Waals surface area contributed by atoms with Gasteiger partial charge in [0.2, 0.25) is 0 Å². The maximum absolute atomic E-state index is 12.3. The summed E-state index contributed by atoms with van der Waals surface area (Å²) in [6.07, 6.45) is 1.15. The zero-order valence-corrected chi connectivity index (χ0v) is 17.2. The summed E-state index contributed by atoms with van der Waals surface area (Å²) in [7, 11) is 0. The number of rotatable bonds is 5. The third-order valence-corrected chi connectivity index (χ3v) is 5.65. The summed E-state index contributed by atoms with van der Waals surface area (Å²) in [5.74, 6) is -1.47. The highest BCUT2D eigenvalue weighted by atomic mass is 16.4. The molecule has 2 heterocycles. The molecule has 0 aliphatic carbocycles. The number of aliphatic imine (C=N–C) groups is 2. The molecule has 4 rings (SSSR count). The van der Waals surface area contributed by atoms with Crippen molar-refractivity contribution < 1.29 is 19.5 Å². The number of urea groups is 1. The second kappa shape index (κ2) is 8.14. The van der Waals surface area contributed by atoms with E-state index in [1.54, 1.807) is 24.3 Å². The lowest BCUT2D eigenvalue weighted by molar-refractivity contribution is -0.113. The first-order valence-corrected chi connectivity index (χ1v) is 10.0. The number of carboxylic acid groups (broad SMARTS) is 1. The molecular formula is C23H22N4O4. The predicted molar refractivity (Wildman–Crippen MR) is 118 cm³/mol. The van der Waals surface area contributed by atoms with E-state index in [0.717, 1.165) is 28.1 Å². The number of carbonyl (C=O) groups excluding carboxylic acids is 2. The number of carboxylic acids is 1. The first-order valence-electron chi connectivity index (χ1n) is 10.0. The fourth-order valence-electron chi connectivity index (χ4n) is 3.84. The van der Waals surface area contributed by atoms with Crippen molar-refractivity contribution in [3.63, 3.8) is 0 Å². The lowest BCUT2D eigenvalue weighted by atomic mass is 9.87. The van der Waals surface area contributed by atoms with E-state index in [-0.39, 0.29) is 17.2 Å². The summed E-state index contributed by atoms with van der Waals surface area (Å²) in [5, 5.41) is 14.5. The number of hydrogen-bond donors (Lipinski definition) is 3. The molecular weight excluding hydrogens is 396 g/mol. The zero-order valence-electron chi connectivity index (χ0n) is 17.2. The molecule has 0 spiro atoms. The average molecular weight is 418 g/mol. The van der Waals surface area contributed by atoms with Crippen molar-refractivity contribution in [2.75, 3.05) is 11.9 Å². The zero-order chi connectivity index (χ0) is 22.1. The molecule has 3 N–H and O–H groups in total. The van der Waals surface area contributed by atoms with Crippen molar-refractivity contribution in [2.24, 2.45) is 9.98 Å². The highest BCUT2D eigenvalue weighted by molar-refractivity contribution is 6.70. The molecule has 3 amide bonds. The molecule has 0 saturated heterocycles. The van der Waals surface area contributed by atoms with Gasteiger partial charge < -0.3 is 10.4 Å². The number of imide groups is 1. The molecule has 2 aromatic rings. The topological polar surface area (TPSA) is 120 Å². The third kappa shape index (κ3) is 4.23. The van der Waals surface area contributed by atoms with Gasteiger partial charge in [-0.05, 0) is 79.6 Å². The van der Waals surface area contributed by atoms with E-state index < -0.39 is 17.9 Å². The van der Waals surface area contributed by atoms with Crippen LogP contribution in [0.3, 0.4) is 0 Å². The van der Waals surface area contributed by atoms with Crippen LogP contribution >= 0.6 is 0 Å². The second-order valence-electron chi connectivity index (χ2n) is 7.77. The molecule has 0 saturated carbocycles. The van der Waals surface area contributed by atoms with Crippen LogP contribution in [0.5, 0.6) is 0 Å². The Bertz CT molecular complexity index is 1150. The van der Waals surface area contributed by atoms with Gasteiger partial charge in [-0.15, -0.1) is 0 Å². The molecule has 0 unspecified atom stereocenters. The highest BCUT2D eigenvalue weighted by Gasteiger charge is 2.32. The van der Waals surface area contributed by atoms with Crippen molar-refractivity contribution in [1.82, 2.24) is 5.32 Å². The van der Waals surface area contributed by atoms with E-state index in [9.17, 15) is 14.4 Å². The van der Waals surface area contributed by atoms with Crippen LogP contribution in [0.1, 0.15) is 45.8 Å². The number of anilines is 1. The smallest absolute Gasteiger partial charge is 0.348 e. The first-order chi connectivity index (χ1) is 14.8. The summed E-state index contributed by atoms with van der Waals surface area (Å²) in [4.78, 5) is 43.7.